The van der Waals surface area contributed by atoms with Gasteiger partial charge in [-0.25, -0.2) is 4.98 Å². The maximum atomic E-state index is 12.4. The molecule has 0 aliphatic carbocycles. The van der Waals surface area contributed by atoms with E-state index in [0.717, 1.165) is 16.9 Å². The monoisotopic (exact) mass is 322 g/mol. The summed E-state index contributed by atoms with van der Waals surface area (Å²) < 4.78 is 5.30. The summed E-state index contributed by atoms with van der Waals surface area (Å²) >= 11 is 0. The van der Waals surface area contributed by atoms with Crippen molar-refractivity contribution in [2.24, 2.45) is 0 Å². The molecule has 2 aromatic carbocycles. The third kappa shape index (κ3) is 3.78. The minimum absolute atomic E-state index is 0.136. The number of methoxy groups -OCH3 is 1. The second-order valence-corrected chi connectivity index (χ2v) is 5.30. The van der Waals surface area contributed by atoms with E-state index in [1.165, 1.54) is 6.33 Å². The first-order valence-electron chi connectivity index (χ1n) is 7.59. The Hall–Kier alpha value is -3.15. The van der Waals surface area contributed by atoms with E-state index in [1.54, 1.807) is 7.11 Å². The zero-order chi connectivity index (χ0) is 16.8. The number of aromatic amines is 1. The van der Waals surface area contributed by atoms with E-state index in [-0.39, 0.29) is 18.4 Å². The molecule has 0 radical (unpaired) electrons. The molecule has 0 spiro atoms. The van der Waals surface area contributed by atoms with Crippen LogP contribution in [0.2, 0.25) is 0 Å². The predicted molar refractivity (Wildman–Crippen MR) is 89.5 cm³/mol. The van der Waals surface area contributed by atoms with Crippen LogP contribution in [0.1, 0.15) is 23.0 Å². The molecule has 0 aliphatic rings. The molecule has 1 aromatic heterocycles. The van der Waals surface area contributed by atoms with Crippen molar-refractivity contribution in [3.05, 3.63) is 77.9 Å². The molecule has 0 saturated heterocycles. The number of H-pyrrole nitrogens is 1. The zero-order valence-corrected chi connectivity index (χ0v) is 13.3. The Morgan fingerprint density at radius 2 is 1.96 bits per heavy atom. The Morgan fingerprint density at radius 3 is 2.67 bits per heavy atom. The highest BCUT2D eigenvalue weighted by Gasteiger charge is 2.18. The molecule has 1 amide bonds. The topological polar surface area (TPSA) is 79.9 Å². The molecule has 1 atom stereocenters. The Balaban J connectivity index is 1.86. The van der Waals surface area contributed by atoms with Gasteiger partial charge in [0.1, 0.15) is 17.9 Å². The number of hydrogen-bond acceptors (Lipinski definition) is 4. The number of hydrogen-bond donors (Lipinski definition) is 2. The lowest BCUT2D eigenvalue weighted by Crippen LogP contribution is -2.30. The Bertz CT molecular complexity index is 788. The fraction of sp³-hybridized carbons (Fsp3) is 0.167. The molecule has 0 bridgehead atoms. The highest BCUT2D eigenvalue weighted by atomic mass is 16.5. The van der Waals surface area contributed by atoms with Crippen molar-refractivity contribution in [1.29, 1.82) is 0 Å². The Kier molecular flexibility index (Phi) is 4.86. The number of amides is 1. The van der Waals surface area contributed by atoms with Crippen molar-refractivity contribution in [1.82, 2.24) is 20.5 Å². The second-order valence-electron chi connectivity index (χ2n) is 5.30. The molecule has 122 valence electrons. The Morgan fingerprint density at radius 1 is 1.17 bits per heavy atom. The maximum Gasteiger partial charge on any atom is 0.228 e. The lowest BCUT2D eigenvalue weighted by atomic mass is 9.98. The van der Waals surface area contributed by atoms with Crippen LogP contribution < -0.4 is 10.1 Å². The summed E-state index contributed by atoms with van der Waals surface area (Å²) in [4.78, 5) is 16.4. The van der Waals surface area contributed by atoms with Gasteiger partial charge in [0.2, 0.25) is 5.91 Å². The quantitative estimate of drug-likeness (QED) is 0.729. The molecule has 6 heteroatoms. The average molecular weight is 322 g/mol. The highest BCUT2D eigenvalue weighted by molar-refractivity contribution is 5.78. The van der Waals surface area contributed by atoms with Crippen molar-refractivity contribution < 1.29 is 9.53 Å². The molecule has 2 N–H and O–H groups in total. The molecule has 3 aromatic rings. The van der Waals surface area contributed by atoms with Crippen molar-refractivity contribution >= 4 is 5.91 Å². The summed E-state index contributed by atoms with van der Waals surface area (Å²) in [5.41, 5.74) is 1.95. The number of carbonyl (C=O) groups is 1. The fourth-order valence-corrected chi connectivity index (χ4v) is 2.51. The predicted octanol–water partition coefficient (Wildman–Crippen LogP) is 2.26. The minimum atomic E-state index is -0.267. The van der Waals surface area contributed by atoms with Crippen LogP contribution in [-0.4, -0.2) is 28.2 Å². The number of ether oxygens (including phenoxy) is 1. The molecule has 24 heavy (non-hydrogen) atoms. The SMILES string of the molecule is COc1cccc(C(NC(=O)Cc2ncn[nH]2)c2ccccc2)c1. The molecule has 3 rings (SSSR count). The normalized spacial score (nSPS) is 11.7. The zero-order valence-electron chi connectivity index (χ0n) is 13.3. The van der Waals surface area contributed by atoms with Gasteiger partial charge in [-0.05, 0) is 23.3 Å². The van der Waals surface area contributed by atoms with E-state index < -0.39 is 0 Å². The van der Waals surface area contributed by atoms with Crippen LogP contribution in [-0.2, 0) is 11.2 Å². The van der Waals surface area contributed by atoms with Crippen molar-refractivity contribution in [3.63, 3.8) is 0 Å². The van der Waals surface area contributed by atoms with E-state index in [0.29, 0.717) is 5.82 Å². The molecular weight excluding hydrogens is 304 g/mol. The average Bonchev–Trinajstić information content (AvgIpc) is 3.13. The van der Waals surface area contributed by atoms with E-state index in [1.807, 2.05) is 54.6 Å². The summed E-state index contributed by atoms with van der Waals surface area (Å²) in [6, 6.07) is 17.2. The van der Waals surface area contributed by atoms with Gasteiger partial charge in [0.15, 0.2) is 0 Å². The number of nitrogens with one attached hydrogen (secondary N) is 2. The van der Waals surface area contributed by atoms with Crippen LogP contribution >= 0.6 is 0 Å². The van der Waals surface area contributed by atoms with Gasteiger partial charge in [0.05, 0.1) is 19.6 Å². The standard InChI is InChI=1S/C18H18N4O2/c1-24-15-9-5-8-14(10-15)18(13-6-3-2-4-7-13)21-17(23)11-16-19-12-20-22-16/h2-10,12,18H,11H2,1H3,(H,21,23)(H,19,20,22). The molecule has 0 saturated carbocycles. The van der Waals surface area contributed by atoms with Crippen LogP contribution in [0.4, 0.5) is 0 Å². The first-order valence-corrected chi connectivity index (χ1v) is 7.59. The van der Waals surface area contributed by atoms with Gasteiger partial charge in [0.25, 0.3) is 0 Å². The summed E-state index contributed by atoms with van der Waals surface area (Å²) in [5, 5.41) is 9.51. The van der Waals surface area contributed by atoms with Gasteiger partial charge < -0.3 is 10.1 Å². The lowest BCUT2D eigenvalue weighted by molar-refractivity contribution is -0.121. The van der Waals surface area contributed by atoms with Gasteiger partial charge in [-0.15, -0.1) is 0 Å². The van der Waals surface area contributed by atoms with E-state index >= 15 is 0 Å². The van der Waals surface area contributed by atoms with E-state index in [2.05, 4.69) is 20.5 Å². The van der Waals surface area contributed by atoms with Crippen molar-refractivity contribution in [2.45, 2.75) is 12.5 Å². The third-order valence-corrected chi connectivity index (χ3v) is 3.66. The summed E-state index contributed by atoms with van der Waals surface area (Å²) in [5.74, 6) is 1.14. The summed E-state index contributed by atoms with van der Waals surface area (Å²) in [6.45, 7) is 0. The number of aromatic nitrogens is 3. The van der Waals surface area contributed by atoms with Crippen LogP contribution in [0.5, 0.6) is 5.75 Å². The fourth-order valence-electron chi connectivity index (χ4n) is 2.51. The van der Waals surface area contributed by atoms with Crippen molar-refractivity contribution in [3.8, 4) is 5.75 Å². The molecule has 6 nitrogen and oxygen atoms in total. The molecule has 1 heterocycles. The second kappa shape index (κ2) is 7.41. The molecule has 0 aliphatic heterocycles. The van der Waals surface area contributed by atoms with Crippen LogP contribution in [0.15, 0.2) is 60.9 Å². The third-order valence-electron chi connectivity index (χ3n) is 3.66. The van der Waals surface area contributed by atoms with Gasteiger partial charge in [-0.1, -0.05) is 42.5 Å². The first-order chi connectivity index (χ1) is 11.8. The van der Waals surface area contributed by atoms with Crippen LogP contribution in [0, 0.1) is 0 Å². The van der Waals surface area contributed by atoms with Gasteiger partial charge in [0, 0.05) is 0 Å². The molecular formula is C18H18N4O2. The lowest BCUT2D eigenvalue weighted by Gasteiger charge is -2.20. The van der Waals surface area contributed by atoms with Gasteiger partial charge in [-0.2, -0.15) is 5.10 Å². The molecule has 0 fully saturated rings. The largest absolute Gasteiger partial charge is 0.497 e. The maximum absolute atomic E-state index is 12.4. The smallest absolute Gasteiger partial charge is 0.228 e. The number of benzene rings is 2. The number of rotatable bonds is 6. The first kappa shape index (κ1) is 15.7. The summed E-state index contributed by atoms with van der Waals surface area (Å²) in [6.07, 6.45) is 1.53. The van der Waals surface area contributed by atoms with Crippen LogP contribution in [0.3, 0.4) is 0 Å². The van der Waals surface area contributed by atoms with E-state index in [4.69, 9.17) is 4.74 Å². The van der Waals surface area contributed by atoms with Crippen LogP contribution in [0.25, 0.3) is 0 Å². The highest BCUT2D eigenvalue weighted by Crippen LogP contribution is 2.25. The molecule has 1 unspecified atom stereocenters. The summed E-state index contributed by atoms with van der Waals surface area (Å²) in [7, 11) is 1.62. The van der Waals surface area contributed by atoms with Gasteiger partial charge >= 0.3 is 0 Å². The van der Waals surface area contributed by atoms with E-state index in [9.17, 15) is 4.79 Å². The van der Waals surface area contributed by atoms with Gasteiger partial charge in [-0.3, -0.25) is 9.89 Å². The Labute approximate surface area is 139 Å². The number of nitrogens with zero attached hydrogens (tertiary/aromatic N) is 2. The van der Waals surface area contributed by atoms with Crippen molar-refractivity contribution in [2.75, 3.05) is 7.11 Å². The minimum Gasteiger partial charge on any atom is -0.497 e. The number of carbonyl (C=O) groups excluding carboxylic acids is 1.